The van der Waals surface area contributed by atoms with Crippen LogP contribution in [0.5, 0.6) is 0 Å². The van der Waals surface area contributed by atoms with Gasteiger partial charge in [0.1, 0.15) is 4.60 Å². The first-order chi connectivity index (χ1) is 8.83. The molecule has 1 aromatic rings. The van der Waals surface area contributed by atoms with Crippen molar-refractivity contribution < 1.29 is 0 Å². The van der Waals surface area contributed by atoms with Crippen LogP contribution in [0, 0.1) is 5.92 Å². The summed E-state index contributed by atoms with van der Waals surface area (Å²) in [5, 5.41) is 3.44. The van der Waals surface area contributed by atoms with Gasteiger partial charge >= 0.3 is 0 Å². The molecule has 1 atom stereocenters. The highest BCUT2D eigenvalue weighted by atomic mass is 79.9. The van der Waals surface area contributed by atoms with E-state index in [0.717, 1.165) is 36.7 Å². The van der Waals surface area contributed by atoms with Crippen molar-refractivity contribution in [3.05, 3.63) is 28.5 Å². The van der Waals surface area contributed by atoms with Crippen LogP contribution in [-0.2, 0) is 0 Å². The topological polar surface area (TPSA) is 28.2 Å². The van der Waals surface area contributed by atoms with Crippen molar-refractivity contribution >= 4 is 15.9 Å². The van der Waals surface area contributed by atoms with Crippen LogP contribution in [0.2, 0.25) is 0 Å². The number of halogens is 1. The maximum absolute atomic E-state index is 4.25. The molecule has 1 N–H and O–H groups in total. The predicted octanol–water partition coefficient (Wildman–Crippen LogP) is 2.59. The molecule has 0 amide bonds. The number of pyridine rings is 1. The molecule has 4 heteroatoms. The van der Waals surface area contributed by atoms with Crippen LogP contribution in [0.25, 0.3) is 0 Å². The van der Waals surface area contributed by atoms with Crippen LogP contribution in [-0.4, -0.2) is 36.1 Å². The number of aromatic nitrogens is 1. The van der Waals surface area contributed by atoms with Gasteiger partial charge in [-0.2, -0.15) is 0 Å². The van der Waals surface area contributed by atoms with Gasteiger partial charge in [0.2, 0.25) is 0 Å². The molecule has 18 heavy (non-hydrogen) atoms. The Hall–Kier alpha value is -0.450. The quantitative estimate of drug-likeness (QED) is 0.867. The smallest absolute Gasteiger partial charge is 0.106 e. The maximum Gasteiger partial charge on any atom is 0.106 e. The van der Waals surface area contributed by atoms with E-state index in [1.54, 1.807) is 0 Å². The van der Waals surface area contributed by atoms with Gasteiger partial charge in [-0.1, -0.05) is 12.8 Å². The van der Waals surface area contributed by atoms with E-state index in [-0.39, 0.29) is 0 Å². The van der Waals surface area contributed by atoms with Crippen LogP contribution in [0.1, 0.15) is 30.9 Å². The summed E-state index contributed by atoms with van der Waals surface area (Å²) in [6.45, 7) is 4.56. The highest BCUT2D eigenvalue weighted by Crippen LogP contribution is 2.40. The van der Waals surface area contributed by atoms with E-state index in [0.29, 0.717) is 6.04 Å². The lowest BCUT2D eigenvalue weighted by molar-refractivity contribution is 0.160. The normalized spacial score (nSPS) is 22.9. The molecule has 1 aliphatic heterocycles. The number of rotatable bonds is 4. The Kier molecular flexibility index (Phi) is 3.97. The summed E-state index contributed by atoms with van der Waals surface area (Å²) in [4.78, 5) is 6.88. The van der Waals surface area contributed by atoms with E-state index >= 15 is 0 Å². The van der Waals surface area contributed by atoms with Crippen LogP contribution >= 0.6 is 15.9 Å². The highest BCUT2D eigenvalue weighted by Gasteiger charge is 2.30. The molecule has 3 nitrogen and oxygen atoms in total. The average Bonchev–Trinajstić information content (AvgIpc) is 3.21. The minimum Gasteiger partial charge on any atom is -0.314 e. The molecule has 98 valence electrons. The molecule has 2 heterocycles. The molecule has 1 aromatic heterocycles. The van der Waals surface area contributed by atoms with Crippen molar-refractivity contribution in [3.63, 3.8) is 0 Å². The van der Waals surface area contributed by atoms with Gasteiger partial charge in [-0.25, -0.2) is 4.98 Å². The van der Waals surface area contributed by atoms with E-state index < -0.39 is 0 Å². The number of hydrogen-bond donors (Lipinski definition) is 1. The van der Waals surface area contributed by atoms with Gasteiger partial charge in [-0.05, 0) is 46.0 Å². The molecule has 0 aromatic carbocycles. The minimum atomic E-state index is 0.582. The summed E-state index contributed by atoms with van der Waals surface area (Å²) in [5.74, 6) is 0.955. The first-order valence-electron chi connectivity index (χ1n) is 6.89. The second-order valence-corrected chi connectivity index (χ2v) is 6.21. The minimum absolute atomic E-state index is 0.582. The van der Waals surface area contributed by atoms with Crippen molar-refractivity contribution in [2.75, 3.05) is 26.2 Å². The predicted molar refractivity (Wildman–Crippen MR) is 76.5 cm³/mol. The van der Waals surface area contributed by atoms with Gasteiger partial charge in [0, 0.05) is 38.4 Å². The van der Waals surface area contributed by atoms with E-state index in [1.165, 1.54) is 24.8 Å². The first-order valence-corrected chi connectivity index (χ1v) is 7.68. The third-order valence-electron chi connectivity index (χ3n) is 3.98. The fraction of sp³-hybridized carbons (Fsp3) is 0.643. The Morgan fingerprint density at radius 2 is 2.17 bits per heavy atom. The summed E-state index contributed by atoms with van der Waals surface area (Å²) in [6, 6.07) is 4.95. The van der Waals surface area contributed by atoms with Crippen molar-refractivity contribution in [3.8, 4) is 0 Å². The van der Waals surface area contributed by atoms with Crippen molar-refractivity contribution in [1.82, 2.24) is 15.2 Å². The fourth-order valence-electron chi connectivity index (χ4n) is 2.78. The van der Waals surface area contributed by atoms with Gasteiger partial charge in [0.15, 0.2) is 0 Å². The molecule has 1 saturated carbocycles. The molecule has 0 radical (unpaired) electrons. The molecule has 1 saturated heterocycles. The Morgan fingerprint density at radius 1 is 1.39 bits per heavy atom. The summed E-state index contributed by atoms with van der Waals surface area (Å²) in [6.07, 6.45) is 6.08. The summed E-state index contributed by atoms with van der Waals surface area (Å²) in [7, 11) is 0. The van der Waals surface area contributed by atoms with Crippen molar-refractivity contribution in [1.29, 1.82) is 0 Å². The summed E-state index contributed by atoms with van der Waals surface area (Å²) < 4.78 is 0.955. The Labute approximate surface area is 117 Å². The Morgan fingerprint density at radius 3 is 2.83 bits per heavy atom. The van der Waals surface area contributed by atoms with E-state index in [9.17, 15) is 0 Å². The van der Waals surface area contributed by atoms with Gasteiger partial charge in [0.05, 0.1) is 0 Å². The first kappa shape index (κ1) is 12.6. The van der Waals surface area contributed by atoms with E-state index in [2.05, 4.69) is 43.3 Å². The Bertz CT molecular complexity index is 400. The molecular formula is C14H20BrN3. The highest BCUT2D eigenvalue weighted by molar-refractivity contribution is 9.10. The molecule has 1 aliphatic carbocycles. The lowest BCUT2D eigenvalue weighted by atomic mass is 10.00. The van der Waals surface area contributed by atoms with Crippen molar-refractivity contribution in [2.24, 2.45) is 5.92 Å². The fourth-order valence-corrected chi connectivity index (χ4v) is 3.17. The molecule has 0 spiro atoms. The van der Waals surface area contributed by atoms with Gasteiger partial charge < -0.3 is 5.32 Å². The zero-order valence-corrected chi connectivity index (χ0v) is 12.2. The van der Waals surface area contributed by atoms with E-state index in [4.69, 9.17) is 0 Å². The molecule has 0 bridgehead atoms. The lowest BCUT2D eigenvalue weighted by Crippen LogP contribution is -2.45. The van der Waals surface area contributed by atoms with Gasteiger partial charge in [-0.15, -0.1) is 0 Å². The zero-order chi connectivity index (χ0) is 12.4. The second kappa shape index (κ2) is 5.68. The third kappa shape index (κ3) is 3.11. The third-order valence-corrected chi connectivity index (χ3v) is 4.41. The number of piperazine rings is 1. The molecule has 3 rings (SSSR count). The van der Waals surface area contributed by atoms with Crippen molar-refractivity contribution in [2.45, 2.75) is 25.3 Å². The van der Waals surface area contributed by atoms with E-state index in [1.807, 2.05) is 6.20 Å². The second-order valence-electron chi connectivity index (χ2n) is 5.39. The molecular weight excluding hydrogens is 290 g/mol. The Balaban J connectivity index is 1.78. The maximum atomic E-state index is 4.25. The monoisotopic (exact) mass is 309 g/mol. The summed E-state index contributed by atoms with van der Waals surface area (Å²) in [5.41, 5.74) is 1.42. The number of nitrogens with zero attached hydrogens (tertiary/aromatic N) is 2. The molecule has 0 unspecified atom stereocenters. The largest absolute Gasteiger partial charge is 0.314 e. The standard InChI is InChI=1S/C14H20BrN3/c15-14-10-12(3-4-17-14)13(9-11-1-2-11)18-7-5-16-6-8-18/h3-4,10-11,13,16H,1-2,5-9H2/t13-/m0/s1. The van der Waals surface area contributed by atoms with Crippen LogP contribution in [0.4, 0.5) is 0 Å². The average molecular weight is 310 g/mol. The number of hydrogen-bond acceptors (Lipinski definition) is 3. The van der Waals surface area contributed by atoms with Crippen LogP contribution in [0.3, 0.4) is 0 Å². The van der Waals surface area contributed by atoms with Gasteiger partial charge in [0.25, 0.3) is 0 Å². The van der Waals surface area contributed by atoms with Gasteiger partial charge in [-0.3, -0.25) is 4.90 Å². The lowest BCUT2D eigenvalue weighted by Gasteiger charge is -2.35. The molecule has 2 aliphatic rings. The number of nitrogens with one attached hydrogen (secondary N) is 1. The zero-order valence-electron chi connectivity index (χ0n) is 10.6. The molecule has 2 fully saturated rings. The SMILES string of the molecule is Brc1cc([C@H](CC2CC2)N2CCNCC2)ccn1. The van der Waals surface area contributed by atoms with Crippen LogP contribution < -0.4 is 5.32 Å². The van der Waals surface area contributed by atoms with Crippen LogP contribution in [0.15, 0.2) is 22.9 Å². The summed E-state index contributed by atoms with van der Waals surface area (Å²) >= 11 is 3.49.